The summed E-state index contributed by atoms with van der Waals surface area (Å²) in [6.45, 7) is 1.99. The van der Waals surface area contributed by atoms with Crippen molar-refractivity contribution in [1.82, 2.24) is 0 Å². The molecule has 1 unspecified atom stereocenters. The Kier molecular flexibility index (Phi) is 2.42. The molecule has 2 atom stereocenters. The molecule has 0 spiro atoms. The molecular formula is C8H12NP. The summed E-state index contributed by atoms with van der Waals surface area (Å²) in [6.07, 6.45) is 0. The Labute approximate surface area is 63.8 Å². The topological polar surface area (TPSA) is 26.0 Å². The number of hydrogen-bond acceptors (Lipinski definition) is 1. The van der Waals surface area contributed by atoms with Crippen LogP contribution in [0.1, 0.15) is 18.5 Å². The van der Waals surface area contributed by atoms with E-state index in [-0.39, 0.29) is 6.04 Å². The van der Waals surface area contributed by atoms with Crippen LogP contribution in [0.4, 0.5) is 0 Å². The first-order valence-corrected chi connectivity index (χ1v) is 3.89. The SMILES string of the molecule is C[C@@H](N)c1ccccc1P. The first-order valence-electron chi connectivity index (χ1n) is 3.32. The zero-order chi connectivity index (χ0) is 7.56. The van der Waals surface area contributed by atoms with Gasteiger partial charge >= 0.3 is 0 Å². The lowest BCUT2D eigenvalue weighted by atomic mass is 10.1. The lowest BCUT2D eigenvalue weighted by Crippen LogP contribution is -2.12. The summed E-state index contributed by atoms with van der Waals surface area (Å²) in [4.78, 5) is 0. The van der Waals surface area contributed by atoms with Crippen molar-refractivity contribution in [3.8, 4) is 0 Å². The molecule has 0 aromatic heterocycles. The fourth-order valence-corrected chi connectivity index (χ4v) is 1.40. The van der Waals surface area contributed by atoms with Gasteiger partial charge < -0.3 is 5.73 Å². The molecule has 0 aliphatic carbocycles. The van der Waals surface area contributed by atoms with Crippen LogP contribution < -0.4 is 11.0 Å². The van der Waals surface area contributed by atoms with Crippen LogP contribution in [0.25, 0.3) is 0 Å². The molecule has 1 aromatic carbocycles. The highest BCUT2D eigenvalue weighted by atomic mass is 31.0. The van der Waals surface area contributed by atoms with Crippen LogP contribution >= 0.6 is 9.24 Å². The lowest BCUT2D eigenvalue weighted by molar-refractivity contribution is 0.824. The molecule has 1 aromatic rings. The largest absolute Gasteiger partial charge is 0.324 e. The summed E-state index contributed by atoms with van der Waals surface area (Å²) in [5.74, 6) is 0. The first kappa shape index (κ1) is 7.71. The Morgan fingerprint density at radius 2 is 2.00 bits per heavy atom. The highest BCUT2D eigenvalue weighted by Crippen LogP contribution is 2.07. The van der Waals surface area contributed by atoms with Crippen molar-refractivity contribution in [3.63, 3.8) is 0 Å². The van der Waals surface area contributed by atoms with E-state index in [1.165, 1.54) is 10.9 Å². The van der Waals surface area contributed by atoms with Crippen LogP contribution in [-0.4, -0.2) is 0 Å². The van der Waals surface area contributed by atoms with Crippen molar-refractivity contribution in [2.24, 2.45) is 5.73 Å². The molecule has 54 valence electrons. The Hall–Kier alpha value is -0.390. The van der Waals surface area contributed by atoms with E-state index in [9.17, 15) is 0 Å². The van der Waals surface area contributed by atoms with Crippen molar-refractivity contribution in [3.05, 3.63) is 29.8 Å². The van der Waals surface area contributed by atoms with Crippen LogP contribution in [0.15, 0.2) is 24.3 Å². The van der Waals surface area contributed by atoms with E-state index in [0.29, 0.717) is 0 Å². The first-order chi connectivity index (χ1) is 4.72. The van der Waals surface area contributed by atoms with Gasteiger partial charge in [-0.25, -0.2) is 0 Å². The minimum Gasteiger partial charge on any atom is -0.324 e. The normalized spacial score (nSPS) is 13.1. The van der Waals surface area contributed by atoms with E-state index in [4.69, 9.17) is 5.73 Å². The molecule has 1 rings (SSSR count). The molecule has 0 radical (unpaired) electrons. The highest BCUT2D eigenvalue weighted by molar-refractivity contribution is 7.27. The molecule has 0 heterocycles. The molecule has 0 bridgehead atoms. The maximum atomic E-state index is 5.70. The summed E-state index contributed by atoms with van der Waals surface area (Å²) in [7, 11) is 2.68. The van der Waals surface area contributed by atoms with Gasteiger partial charge in [-0.3, -0.25) is 0 Å². The minimum absolute atomic E-state index is 0.133. The highest BCUT2D eigenvalue weighted by Gasteiger charge is 1.99. The minimum atomic E-state index is 0.133. The van der Waals surface area contributed by atoms with Gasteiger partial charge in [0.25, 0.3) is 0 Å². The molecule has 0 saturated carbocycles. The van der Waals surface area contributed by atoms with Crippen molar-refractivity contribution >= 4 is 14.5 Å². The second-order valence-corrected chi connectivity index (χ2v) is 3.04. The number of nitrogens with two attached hydrogens (primary N) is 1. The van der Waals surface area contributed by atoms with E-state index in [1.807, 2.05) is 31.2 Å². The molecule has 2 heteroatoms. The fourth-order valence-electron chi connectivity index (χ4n) is 0.926. The van der Waals surface area contributed by atoms with E-state index in [1.54, 1.807) is 0 Å². The second-order valence-electron chi connectivity index (χ2n) is 2.42. The summed E-state index contributed by atoms with van der Waals surface area (Å²) < 4.78 is 0. The van der Waals surface area contributed by atoms with Gasteiger partial charge in [-0.1, -0.05) is 24.3 Å². The molecule has 0 aliphatic rings. The molecule has 10 heavy (non-hydrogen) atoms. The fraction of sp³-hybridized carbons (Fsp3) is 0.250. The zero-order valence-corrected chi connectivity index (χ0v) is 7.20. The molecule has 2 N–H and O–H groups in total. The summed E-state index contributed by atoms with van der Waals surface area (Å²) in [5, 5.41) is 1.19. The molecule has 0 aliphatic heterocycles. The maximum absolute atomic E-state index is 5.70. The second kappa shape index (κ2) is 3.14. The van der Waals surface area contributed by atoms with Crippen molar-refractivity contribution < 1.29 is 0 Å². The van der Waals surface area contributed by atoms with E-state index in [2.05, 4.69) is 9.24 Å². The van der Waals surface area contributed by atoms with Crippen molar-refractivity contribution in [1.29, 1.82) is 0 Å². The third-order valence-electron chi connectivity index (χ3n) is 1.49. The van der Waals surface area contributed by atoms with Gasteiger partial charge in [0.1, 0.15) is 0 Å². The Morgan fingerprint density at radius 3 is 2.40 bits per heavy atom. The Morgan fingerprint density at radius 1 is 1.40 bits per heavy atom. The summed E-state index contributed by atoms with van der Waals surface area (Å²) >= 11 is 0. The molecule has 0 amide bonds. The number of benzene rings is 1. The average Bonchev–Trinajstić information content (AvgIpc) is 1.88. The van der Waals surface area contributed by atoms with Crippen LogP contribution in [0.5, 0.6) is 0 Å². The monoisotopic (exact) mass is 153 g/mol. The number of hydrogen-bond donors (Lipinski definition) is 1. The predicted molar refractivity (Wildman–Crippen MR) is 48.4 cm³/mol. The van der Waals surface area contributed by atoms with Gasteiger partial charge in [-0.05, 0) is 17.8 Å². The van der Waals surface area contributed by atoms with Crippen molar-refractivity contribution in [2.45, 2.75) is 13.0 Å². The molecule has 1 nitrogen and oxygen atoms in total. The zero-order valence-electron chi connectivity index (χ0n) is 6.04. The van der Waals surface area contributed by atoms with E-state index >= 15 is 0 Å². The molecule has 0 fully saturated rings. The lowest BCUT2D eigenvalue weighted by Gasteiger charge is -2.07. The maximum Gasteiger partial charge on any atom is 0.0272 e. The Bertz CT molecular complexity index is 220. The van der Waals surface area contributed by atoms with Gasteiger partial charge in [-0.15, -0.1) is 9.24 Å². The standard InChI is InChI=1S/C8H12NP/c1-6(9)7-4-2-3-5-8(7)10/h2-6H,9-10H2,1H3/t6-/m1/s1. The van der Waals surface area contributed by atoms with E-state index in [0.717, 1.165) is 0 Å². The van der Waals surface area contributed by atoms with Crippen LogP contribution in [0.3, 0.4) is 0 Å². The van der Waals surface area contributed by atoms with E-state index < -0.39 is 0 Å². The molecule has 0 saturated heterocycles. The van der Waals surface area contributed by atoms with Crippen LogP contribution in [0.2, 0.25) is 0 Å². The van der Waals surface area contributed by atoms with Crippen LogP contribution in [0, 0.1) is 0 Å². The van der Waals surface area contributed by atoms with Gasteiger partial charge in [-0.2, -0.15) is 0 Å². The third kappa shape index (κ3) is 1.56. The smallest absolute Gasteiger partial charge is 0.0272 e. The van der Waals surface area contributed by atoms with Gasteiger partial charge in [0, 0.05) is 6.04 Å². The molecular weight excluding hydrogens is 141 g/mol. The van der Waals surface area contributed by atoms with Crippen molar-refractivity contribution in [2.75, 3.05) is 0 Å². The summed E-state index contributed by atoms with van der Waals surface area (Å²) in [6, 6.07) is 8.24. The number of rotatable bonds is 1. The van der Waals surface area contributed by atoms with Gasteiger partial charge in [0.15, 0.2) is 0 Å². The Balaban J connectivity index is 3.03. The third-order valence-corrected chi connectivity index (χ3v) is 2.01. The summed E-state index contributed by atoms with van der Waals surface area (Å²) in [5.41, 5.74) is 6.90. The quantitative estimate of drug-likeness (QED) is 0.603. The van der Waals surface area contributed by atoms with Gasteiger partial charge in [0.05, 0.1) is 0 Å². The predicted octanol–water partition coefficient (Wildman–Crippen LogP) is 1.21. The van der Waals surface area contributed by atoms with Crippen LogP contribution in [-0.2, 0) is 0 Å². The van der Waals surface area contributed by atoms with Gasteiger partial charge in [0.2, 0.25) is 0 Å². The average molecular weight is 153 g/mol.